The van der Waals surface area contributed by atoms with Crippen molar-refractivity contribution in [3.8, 4) is 0 Å². The van der Waals surface area contributed by atoms with Crippen LogP contribution in [0.1, 0.15) is 54.4 Å². The molecule has 0 spiro atoms. The van der Waals surface area contributed by atoms with E-state index >= 15 is 0 Å². The van der Waals surface area contributed by atoms with Gasteiger partial charge in [0.15, 0.2) is 0 Å². The molecule has 13 heavy (non-hydrogen) atoms. The average Bonchev–Trinajstić information content (AvgIpc) is 1.95. The molecule has 0 aromatic heterocycles. The predicted molar refractivity (Wildman–Crippen MR) is 61.4 cm³/mol. The quantitative estimate of drug-likeness (QED) is 0.586. The van der Waals surface area contributed by atoms with Gasteiger partial charge in [-0.3, -0.25) is 0 Å². The van der Waals surface area contributed by atoms with E-state index in [0.29, 0.717) is 13.0 Å². The first-order valence-corrected chi connectivity index (χ1v) is 5.53. The minimum Gasteiger partial charge on any atom is -0.433 e. The highest BCUT2D eigenvalue weighted by atomic mass is 16.4. The highest BCUT2D eigenvalue weighted by Gasteiger charge is 2.30. The van der Waals surface area contributed by atoms with Gasteiger partial charge in [0.1, 0.15) is 0 Å². The van der Waals surface area contributed by atoms with Gasteiger partial charge in [-0.15, -0.1) is 0 Å². The van der Waals surface area contributed by atoms with Gasteiger partial charge in [-0.05, 0) is 25.5 Å². The summed E-state index contributed by atoms with van der Waals surface area (Å²) in [4.78, 5) is 0. The Balaban J connectivity index is 4.03. The van der Waals surface area contributed by atoms with Gasteiger partial charge in [0.25, 0.3) is 6.92 Å². The summed E-state index contributed by atoms with van der Waals surface area (Å²) in [5, 5.41) is 0.277. The summed E-state index contributed by atoms with van der Waals surface area (Å²) in [6.45, 7) is 13.7. The van der Waals surface area contributed by atoms with Crippen LogP contribution >= 0.6 is 0 Å². The van der Waals surface area contributed by atoms with Crippen molar-refractivity contribution in [1.82, 2.24) is 0 Å². The molecular formula is C11H25BO. The second-order valence-electron chi connectivity index (χ2n) is 5.18. The van der Waals surface area contributed by atoms with E-state index in [2.05, 4.69) is 41.5 Å². The lowest BCUT2D eigenvalue weighted by atomic mass is 9.45. The van der Waals surface area contributed by atoms with E-state index in [1.54, 1.807) is 0 Å². The van der Waals surface area contributed by atoms with Crippen molar-refractivity contribution in [3.63, 3.8) is 0 Å². The average molecular weight is 184 g/mol. The zero-order valence-electron chi connectivity index (χ0n) is 10.2. The molecule has 0 saturated heterocycles. The number of unbranched alkanes of at least 4 members (excludes halogenated alkanes) is 1. The van der Waals surface area contributed by atoms with Crippen molar-refractivity contribution >= 4 is 6.92 Å². The lowest BCUT2D eigenvalue weighted by Crippen LogP contribution is -2.31. The fourth-order valence-electron chi connectivity index (χ4n) is 1.42. The smallest absolute Gasteiger partial charge is 0.298 e. The highest BCUT2D eigenvalue weighted by molar-refractivity contribution is 6.55. The number of hydrogen-bond acceptors (Lipinski definition) is 1. The molecule has 0 saturated carbocycles. The van der Waals surface area contributed by atoms with Crippen molar-refractivity contribution in [1.29, 1.82) is 0 Å². The van der Waals surface area contributed by atoms with E-state index in [0.717, 1.165) is 0 Å². The molecule has 0 radical (unpaired) electrons. The molecule has 0 aliphatic heterocycles. The van der Waals surface area contributed by atoms with Gasteiger partial charge in [-0.1, -0.05) is 40.5 Å². The Morgan fingerprint density at radius 1 is 1.23 bits per heavy atom. The largest absolute Gasteiger partial charge is 0.433 e. The molecule has 0 unspecified atom stereocenters. The monoisotopic (exact) mass is 184 g/mol. The molecular weight excluding hydrogens is 159 g/mol. The summed E-state index contributed by atoms with van der Waals surface area (Å²) < 4.78 is 5.92. The second kappa shape index (κ2) is 5.69. The lowest BCUT2D eigenvalue weighted by Gasteiger charge is -2.28. The Hall–Kier alpha value is 0.0249. The second-order valence-corrected chi connectivity index (χ2v) is 5.18. The minimum absolute atomic E-state index is 0.277. The van der Waals surface area contributed by atoms with Gasteiger partial charge >= 0.3 is 0 Å². The van der Waals surface area contributed by atoms with Crippen LogP contribution in [0.5, 0.6) is 0 Å². The van der Waals surface area contributed by atoms with Gasteiger partial charge in [-0.2, -0.15) is 0 Å². The third-order valence-corrected chi connectivity index (χ3v) is 2.22. The Morgan fingerprint density at radius 2 is 1.77 bits per heavy atom. The molecule has 0 aliphatic carbocycles. The number of hydrogen-bond donors (Lipinski definition) is 0. The van der Waals surface area contributed by atoms with Crippen LogP contribution in [-0.4, -0.2) is 13.0 Å². The molecule has 0 aliphatic rings. The van der Waals surface area contributed by atoms with E-state index < -0.39 is 0 Å². The number of rotatable bonds is 5. The third-order valence-electron chi connectivity index (χ3n) is 2.22. The zero-order valence-corrected chi connectivity index (χ0v) is 10.2. The topological polar surface area (TPSA) is 9.23 Å². The van der Waals surface area contributed by atoms with Crippen LogP contribution < -0.4 is 0 Å². The van der Waals surface area contributed by atoms with Crippen LogP contribution in [-0.2, 0) is 4.65 Å². The van der Waals surface area contributed by atoms with Gasteiger partial charge in [0.2, 0.25) is 0 Å². The molecule has 0 heterocycles. The Morgan fingerprint density at radius 3 is 2.08 bits per heavy atom. The first-order valence-electron chi connectivity index (χ1n) is 5.53. The van der Waals surface area contributed by atoms with E-state index in [4.69, 9.17) is 4.65 Å². The van der Waals surface area contributed by atoms with Crippen LogP contribution in [0.25, 0.3) is 0 Å². The predicted octanol–water partition coefficient (Wildman–Crippen LogP) is 4.00. The zero-order chi connectivity index (χ0) is 10.5. The van der Waals surface area contributed by atoms with Crippen molar-refractivity contribution in [2.75, 3.05) is 0 Å². The molecule has 0 rings (SSSR count). The fourth-order valence-corrected chi connectivity index (χ4v) is 1.42. The molecule has 78 valence electrons. The standard InChI is InChI=1S/C11H25BO/c1-7-8-9-12(11(4,5)6)13-10(2)3/h10H,7-9H2,1-6H3. The van der Waals surface area contributed by atoms with E-state index in [-0.39, 0.29) is 5.31 Å². The van der Waals surface area contributed by atoms with Gasteiger partial charge < -0.3 is 4.65 Å². The molecule has 2 heteroatoms. The van der Waals surface area contributed by atoms with Gasteiger partial charge in [0.05, 0.1) is 0 Å². The summed E-state index contributed by atoms with van der Waals surface area (Å²) >= 11 is 0. The van der Waals surface area contributed by atoms with E-state index in [9.17, 15) is 0 Å². The van der Waals surface area contributed by atoms with Crippen molar-refractivity contribution in [2.24, 2.45) is 0 Å². The molecule has 1 nitrogen and oxygen atoms in total. The Labute approximate surface area is 84.4 Å². The lowest BCUT2D eigenvalue weighted by molar-refractivity contribution is 0.228. The molecule has 0 N–H and O–H groups in total. The molecule has 0 atom stereocenters. The van der Waals surface area contributed by atoms with Crippen LogP contribution in [0.4, 0.5) is 0 Å². The Bertz CT molecular complexity index is 127. The molecule has 0 amide bonds. The maximum absolute atomic E-state index is 5.92. The van der Waals surface area contributed by atoms with Gasteiger partial charge in [0, 0.05) is 6.10 Å². The summed E-state index contributed by atoms with van der Waals surface area (Å²) in [6, 6.07) is 0. The van der Waals surface area contributed by atoms with Crippen molar-refractivity contribution < 1.29 is 4.65 Å². The normalized spacial score (nSPS) is 12.2. The molecule has 0 aromatic carbocycles. The van der Waals surface area contributed by atoms with E-state index in [1.165, 1.54) is 19.2 Å². The Kier molecular flexibility index (Phi) is 5.70. The van der Waals surface area contributed by atoms with Gasteiger partial charge in [-0.25, -0.2) is 0 Å². The molecule has 0 fully saturated rings. The maximum Gasteiger partial charge on any atom is 0.298 e. The van der Waals surface area contributed by atoms with Crippen molar-refractivity contribution in [2.45, 2.75) is 72.1 Å². The summed E-state index contributed by atoms with van der Waals surface area (Å²) in [5.74, 6) is 0. The maximum atomic E-state index is 5.92. The summed E-state index contributed by atoms with van der Waals surface area (Å²) in [7, 11) is 0. The van der Waals surface area contributed by atoms with Crippen molar-refractivity contribution in [3.05, 3.63) is 0 Å². The highest BCUT2D eigenvalue weighted by Crippen LogP contribution is 2.31. The SMILES string of the molecule is CCCCB(OC(C)C)C(C)(C)C. The fraction of sp³-hybridized carbons (Fsp3) is 1.00. The first-order chi connectivity index (χ1) is 5.88. The van der Waals surface area contributed by atoms with E-state index in [1.807, 2.05) is 0 Å². The summed E-state index contributed by atoms with van der Waals surface area (Å²) in [5.41, 5.74) is 0. The molecule has 0 bridgehead atoms. The minimum atomic E-state index is 0.277. The summed E-state index contributed by atoms with van der Waals surface area (Å²) in [6.07, 6.45) is 4.07. The van der Waals surface area contributed by atoms with Crippen LogP contribution in [0.3, 0.4) is 0 Å². The van der Waals surface area contributed by atoms with Crippen LogP contribution in [0.15, 0.2) is 0 Å². The third kappa shape index (κ3) is 6.14. The van der Waals surface area contributed by atoms with Crippen LogP contribution in [0, 0.1) is 0 Å². The first kappa shape index (κ1) is 13.0. The molecule has 0 aromatic rings. The van der Waals surface area contributed by atoms with Crippen LogP contribution in [0.2, 0.25) is 11.6 Å².